The fourth-order valence-electron chi connectivity index (χ4n) is 2.10. The first-order valence-corrected chi connectivity index (χ1v) is 8.44. The normalized spacial score (nSPS) is 16.9. The summed E-state index contributed by atoms with van der Waals surface area (Å²) in [6.07, 6.45) is 2.67. The third-order valence-corrected chi connectivity index (χ3v) is 5.12. The van der Waals surface area contributed by atoms with Crippen molar-refractivity contribution in [3.8, 4) is 0 Å². The van der Waals surface area contributed by atoms with Crippen molar-refractivity contribution >= 4 is 37.8 Å². The van der Waals surface area contributed by atoms with Crippen LogP contribution in [0.1, 0.15) is 29.6 Å². The molecule has 2 rings (SSSR count). The molecule has 0 aromatic heterocycles. The molecule has 1 aromatic rings. The summed E-state index contributed by atoms with van der Waals surface area (Å²) in [5.41, 5.74) is -0.00812. The zero-order valence-electron chi connectivity index (χ0n) is 10.7. The quantitative estimate of drug-likeness (QED) is 0.859. The number of carboxylic acids is 1. The third-order valence-electron chi connectivity index (χ3n) is 3.11. The molecule has 0 spiro atoms. The van der Waals surface area contributed by atoms with Crippen LogP contribution < -0.4 is 4.72 Å². The number of hydrogen-bond acceptors (Lipinski definition) is 3. The van der Waals surface area contributed by atoms with E-state index in [4.69, 9.17) is 5.11 Å². The highest BCUT2D eigenvalue weighted by molar-refractivity contribution is 9.10. The summed E-state index contributed by atoms with van der Waals surface area (Å²) in [7, 11) is -3.71. The molecule has 1 saturated heterocycles. The van der Waals surface area contributed by atoms with Crippen LogP contribution in [-0.4, -0.2) is 36.9 Å². The van der Waals surface area contributed by atoms with Crippen LogP contribution in [0.5, 0.6) is 0 Å². The van der Waals surface area contributed by atoms with E-state index in [0.717, 1.165) is 19.3 Å². The van der Waals surface area contributed by atoms with Crippen molar-refractivity contribution in [2.75, 3.05) is 17.8 Å². The van der Waals surface area contributed by atoms with Crippen molar-refractivity contribution in [2.45, 2.75) is 19.3 Å². The molecule has 6 nitrogen and oxygen atoms in total. The molecular weight excluding hydrogens is 348 g/mol. The van der Waals surface area contributed by atoms with Crippen molar-refractivity contribution in [1.29, 1.82) is 0 Å². The number of rotatable bonds is 4. The van der Waals surface area contributed by atoms with Gasteiger partial charge in [0.25, 0.3) is 0 Å². The largest absolute Gasteiger partial charge is 0.478 e. The van der Waals surface area contributed by atoms with Gasteiger partial charge in [0.1, 0.15) is 0 Å². The highest BCUT2D eigenvalue weighted by Crippen LogP contribution is 2.24. The van der Waals surface area contributed by atoms with E-state index in [-0.39, 0.29) is 11.3 Å². The van der Waals surface area contributed by atoms with Crippen molar-refractivity contribution in [2.24, 2.45) is 0 Å². The lowest BCUT2D eigenvalue weighted by Crippen LogP contribution is -2.39. The van der Waals surface area contributed by atoms with E-state index in [9.17, 15) is 13.2 Å². The summed E-state index contributed by atoms with van der Waals surface area (Å²) in [5, 5.41) is 9.10. The van der Waals surface area contributed by atoms with Gasteiger partial charge in [0.15, 0.2) is 0 Å². The minimum atomic E-state index is -3.71. The van der Waals surface area contributed by atoms with Gasteiger partial charge in [-0.25, -0.2) is 4.79 Å². The number of nitrogens with zero attached hydrogens (tertiary/aromatic N) is 1. The number of halogens is 1. The van der Waals surface area contributed by atoms with Crippen LogP contribution in [0.25, 0.3) is 0 Å². The van der Waals surface area contributed by atoms with Gasteiger partial charge < -0.3 is 5.11 Å². The number of benzene rings is 1. The summed E-state index contributed by atoms with van der Waals surface area (Å²) in [4.78, 5) is 11.1. The second-order valence-corrected chi connectivity index (χ2v) is 7.15. The fourth-order valence-corrected chi connectivity index (χ4v) is 3.77. The van der Waals surface area contributed by atoms with Gasteiger partial charge in [-0.3, -0.25) is 4.72 Å². The number of carboxylic acid groups (broad SMARTS) is 1. The monoisotopic (exact) mass is 362 g/mol. The van der Waals surface area contributed by atoms with E-state index in [0.29, 0.717) is 17.6 Å². The van der Waals surface area contributed by atoms with Gasteiger partial charge in [0.2, 0.25) is 0 Å². The van der Waals surface area contributed by atoms with Gasteiger partial charge in [0.05, 0.1) is 11.3 Å². The van der Waals surface area contributed by atoms with Crippen molar-refractivity contribution in [3.05, 3.63) is 28.2 Å². The SMILES string of the molecule is O=C(O)c1ccc(Br)cc1NS(=O)(=O)N1CCCCC1. The van der Waals surface area contributed by atoms with E-state index in [1.54, 1.807) is 6.07 Å². The minimum absolute atomic E-state index is 0.0671. The summed E-state index contributed by atoms with van der Waals surface area (Å²) < 4.78 is 28.8. The lowest BCUT2D eigenvalue weighted by Gasteiger charge is -2.26. The number of piperidine rings is 1. The molecule has 0 atom stereocenters. The van der Waals surface area contributed by atoms with E-state index in [1.165, 1.54) is 16.4 Å². The molecule has 1 aliphatic rings. The summed E-state index contributed by atoms with van der Waals surface area (Å²) >= 11 is 3.21. The van der Waals surface area contributed by atoms with E-state index < -0.39 is 16.2 Å². The molecule has 1 aromatic carbocycles. The summed E-state index contributed by atoms with van der Waals surface area (Å²) in [6.45, 7) is 0.928. The van der Waals surface area contributed by atoms with Gasteiger partial charge in [-0.05, 0) is 31.0 Å². The smallest absolute Gasteiger partial charge is 0.337 e. The van der Waals surface area contributed by atoms with Crippen LogP contribution in [0.15, 0.2) is 22.7 Å². The Morgan fingerprint density at radius 2 is 1.90 bits per heavy atom. The average molecular weight is 363 g/mol. The number of aromatic carboxylic acids is 1. The van der Waals surface area contributed by atoms with Crippen LogP contribution in [0.3, 0.4) is 0 Å². The Kier molecular flexibility index (Phi) is 4.66. The zero-order chi connectivity index (χ0) is 14.8. The maximum Gasteiger partial charge on any atom is 0.337 e. The van der Waals surface area contributed by atoms with Crippen molar-refractivity contribution in [1.82, 2.24) is 4.31 Å². The molecule has 8 heteroatoms. The molecule has 0 amide bonds. The van der Waals surface area contributed by atoms with E-state index >= 15 is 0 Å². The summed E-state index contributed by atoms with van der Waals surface area (Å²) in [6, 6.07) is 4.37. The standard InChI is InChI=1S/C12H15BrN2O4S/c13-9-4-5-10(12(16)17)11(8-9)14-20(18,19)15-6-2-1-3-7-15/h4-5,8,14H,1-3,6-7H2,(H,16,17). The van der Waals surface area contributed by atoms with E-state index in [1.807, 2.05) is 0 Å². The summed E-state index contributed by atoms with van der Waals surface area (Å²) in [5.74, 6) is -1.17. The predicted molar refractivity (Wildman–Crippen MR) is 79.1 cm³/mol. The molecule has 0 saturated carbocycles. The van der Waals surface area contributed by atoms with Gasteiger partial charge >= 0.3 is 16.2 Å². The molecule has 1 fully saturated rings. The van der Waals surface area contributed by atoms with Crippen LogP contribution in [0, 0.1) is 0 Å². The van der Waals surface area contributed by atoms with Gasteiger partial charge in [-0.2, -0.15) is 12.7 Å². The lowest BCUT2D eigenvalue weighted by molar-refractivity contribution is 0.0698. The van der Waals surface area contributed by atoms with Crippen LogP contribution in [0.4, 0.5) is 5.69 Å². The van der Waals surface area contributed by atoms with E-state index in [2.05, 4.69) is 20.7 Å². The Hall–Kier alpha value is -1.12. The first-order chi connectivity index (χ1) is 9.40. The second-order valence-electron chi connectivity index (χ2n) is 4.56. The molecule has 0 unspecified atom stereocenters. The molecule has 110 valence electrons. The average Bonchev–Trinajstić information content (AvgIpc) is 2.39. The molecule has 0 aliphatic carbocycles. The predicted octanol–water partition coefficient (Wildman–Crippen LogP) is 2.29. The molecule has 2 N–H and O–H groups in total. The number of carbonyl (C=O) groups is 1. The highest BCUT2D eigenvalue weighted by Gasteiger charge is 2.25. The molecule has 20 heavy (non-hydrogen) atoms. The molecule has 0 bridgehead atoms. The number of anilines is 1. The van der Waals surface area contributed by atoms with Crippen LogP contribution >= 0.6 is 15.9 Å². The molecule has 0 radical (unpaired) electrons. The first-order valence-electron chi connectivity index (χ1n) is 6.21. The zero-order valence-corrected chi connectivity index (χ0v) is 13.1. The maximum absolute atomic E-state index is 12.2. The third kappa shape index (κ3) is 3.50. The Morgan fingerprint density at radius 1 is 1.25 bits per heavy atom. The van der Waals surface area contributed by atoms with Gasteiger partial charge in [-0.15, -0.1) is 0 Å². The number of nitrogens with one attached hydrogen (secondary N) is 1. The minimum Gasteiger partial charge on any atom is -0.478 e. The maximum atomic E-state index is 12.2. The Labute approximate surface area is 126 Å². The topological polar surface area (TPSA) is 86.7 Å². The Morgan fingerprint density at radius 3 is 2.50 bits per heavy atom. The van der Waals surface area contributed by atoms with Crippen LogP contribution in [0.2, 0.25) is 0 Å². The molecule has 1 heterocycles. The number of hydrogen-bond donors (Lipinski definition) is 2. The Bertz CT molecular complexity index is 612. The lowest BCUT2D eigenvalue weighted by atomic mass is 10.2. The van der Waals surface area contributed by atoms with Gasteiger partial charge in [0, 0.05) is 17.6 Å². The fraction of sp³-hybridized carbons (Fsp3) is 0.417. The highest BCUT2D eigenvalue weighted by atomic mass is 79.9. The molecular formula is C12H15BrN2O4S. The van der Waals surface area contributed by atoms with Crippen molar-refractivity contribution in [3.63, 3.8) is 0 Å². The first kappa shape index (κ1) is 15.3. The Balaban J connectivity index is 2.28. The molecule has 1 aliphatic heterocycles. The van der Waals surface area contributed by atoms with Crippen molar-refractivity contribution < 1.29 is 18.3 Å². The van der Waals surface area contributed by atoms with Gasteiger partial charge in [-0.1, -0.05) is 22.4 Å². The van der Waals surface area contributed by atoms with Crippen LogP contribution in [-0.2, 0) is 10.2 Å². The second kappa shape index (κ2) is 6.11.